The van der Waals surface area contributed by atoms with E-state index in [0.717, 1.165) is 7.11 Å². The van der Waals surface area contributed by atoms with Crippen molar-refractivity contribution in [2.75, 3.05) is 7.11 Å². The molecule has 0 heterocycles. The molecule has 0 bridgehead atoms. The summed E-state index contributed by atoms with van der Waals surface area (Å²) in [6.45, 7) is 1.34. The van der Waals surface area contributed by atoms with Gasteiger partial charge < -0.3 is 14.9 Å². The molecule has 0 aliphatic heterocycles. The van der Waals surface area contributed by atoms with E-state index in [1.54, 1.807) is 0 Å². The van der Waals surface area contributed by atoms with Crippen molar-refractivity contribution in [3.05, 3.63) is 11.1 Å². The summed E-state index contributed by atoms with van der Waals surface area (Å²) < 4.78 is 4.37. The lowest BCUT2D eigenvalue weighted by Crippen LogP contribution is -2.11. The summed E-state index contributed by atoms with van der Waals surface area (Å²) >= 11 is 0. The second-order valence-corrected chi connectivity index (χ2v) is 2.86. The van der Waals surface area contributed by atoms with Crippen molar-refractivity contribution < 1.29 is 29.3 Å². The van der Waals surface area contributed by atoms with Crippen molar-refractivity contribution >= 4 is 17.9 Å². The van der Waals surface area contributed by atoms with Crippen molar-refractivity contribution in [3.63, 3.8) is 0 Å². The lowest BCUT2D eigenvalue weighted by atomic mass is 10.0. The van der Waals surface area contributed by atoms with Gasteiger partial charge in [0.1, 0.15) is 0 Å². The number of carbonyl (C=O) groups excluding carboxylic acids is 1. The lowest BCUT2D eigenvalue weighted by Gasteiger charge is -2.06. The van der Waals surface area contributed by atoms with Crippen LogP contribution in [0.1, 0.15) is 19.8 Å². The van der Waals surface area contributed by atoms with E-state index < -0.39 is 30.7 Å². The van der Waals surface area contributed by atoms with Crippen LogP contribution < -0.4 is 0 Å². The maximum Gasteiger partial charge on any atom is 0.333 e. The maximum atomic E-state index is 11.1. The normalized spacial score (nSPS) is 9.20. The molecule has 6 nitrogen and oxygen atoms in total. The van der Waals surface area contributed by atoms with Crippen LogP contribution in [0.15, 0.2) is 11.1 Å². The SMILES string of the molecule is COC(=O)C(C)=C(CC(=O)O)CC(=O)O. The van der Waals surface area contributed by atoms with Gasteiger partial charge in [-0.05, 0) is 12.5 Å². The molecular weight excluding hydrogens is 204 g/mol. The Bertz CT molecular complexity index is 297. The Kier molecular flexibility index (Phi) is 5.08. The Morgan fingerprint density at radius 1 is 1.07 bits per heavy atom. The van der Waals surface area contributed by atoms with E-state index in [-0.39, 0.29) is 11.1 Å². The summed E-state index contributed by atoms with van der Waals surface area (Å²) in [4.78, 5) is 31.9. The van der Waals surface area contributed by atoms with Crippen LogP contribution in [-0.2, 0) is 19.1 Å². The zero-order valence-corrected chi connectivity index (χ0v) is 8.44. The Balaban J connectivity index is 4.95. The lowest BCUT2D eigenvalue weighted by molar-refractivity contribution is -0.136. The molecule has 0 amide bonds. The zero-order valence-electron chi connectivity index (χ0n) is 8.44. The van der Waals surface area contributed by atoms with Crippen molar-refractivity contribution in [1.82, 2.24) is 0 Å². The van der Waals surface area contributed by atoms with E-state index >= 15 is 0 Å². The first-order chi connectivity index (χ1) is 6.88. The fraction of sp³-hybridized carbons (Fsp3) is 0.444. The number of ether oxygens (including phenoxy) is 1. The second kappa shape index (κ2) is 5.79. The van der Waals surface area contributed by atoms with Crippen molar-refractivity contribution in [1.29, 1.82) is 0 Å². The van der Waals surface area contributed by atoms with Crippen molar-refractivity contribution in [3.8, 4) is 0 Å². The first-order valence-electron chi connectivity index (χ1n) is 4.09. The van der Waals surface area contributed by atoms with Crippen LogP contribution in [0.25, 0.3) is 0 Å². The topological polar surface area (TPSA) is 101 Å². The molecule has 0 aliphatic carbocycles. The molecule has 0 aromatic heterocycles. The zero-order chi connectivity index (χ0) is 12.0. The maximum absolute atomic E-state index is 11.1. The molecule has 84 valence electrons. The van der Waals surface area contributed by atoms with Crippen LogP contribution in [0.3, 0.4) is 0 Å². The number of hydrogen-bond acceptors (Lipinski definition) is 4. The fourth-order valence-electron chi connectivity index (χ4n) is 0.990. The Morgan fingerprint density at radius 3 is 1.73 bits per heavy atom. The molecule has 0 atom stereocenters. The van der Waals surface area contributed by atoms with Crippen LogP contribution in [0.4, 0.5) is 0 Å². The molecule has 0 radical (unpaired) electrons. The molecule has 0 aliphatic rings. The van der Waals surface area contributed by atoms with Gasteiger partial charge in [0.15, 0.2) is 0 Å². The molecule has 0 aromatic carbocycles. The van der Waals surface area contributed by atoms with Crippen LogP contribution in [0, 0.1) is 0 Å². The summed E-state index contributed by atoms with van der Waals surface area (Å²) in [6, 6.07) is 0. The van der Waals surface area contributed by atoms with E-state index in [9.17, 15) is 14.4 Å². The first kappa shape index (κ1) is 13.2. The highest BCUT2D eigenvalue weighted by molar-refractivity contribution is 5.91. The van der Waals surface area contributed by atoms with E-state index in [2.05, 4.69) is 4.74 Å². The van der Waals surface area contributed by atoms with Crippen LogP contribution in [-0.4, -0.2) is 35.2 Å². The third-order valence-corrected chi connectivity index (χ3v) is 1.75. The Labute approximate surface area is 86.2 Å². The molecule has 6 heteroatoms. The van der Waals surface area contributed by atoms with E-state index in [4.69, 9.17) is 10.2 Å². The van der Waals surface area contributed by atoms with Gasteiger partial charge in [-0.15, -0.1) is 0 Å². The predicted octanol–water partition coefficient (Wildman–Crippen LogP) is 0.425. The highest BCUT2D eigenvalue weighted by Crippen LogP contribution is 2.14. The number of carboxylic acid groups (broad SMARTS) is 2. The number of esters is 1. The molecule has 0 rings (SSSR count). The molecule has 0 aromatic rings. The summed E-state index contributed by atoms with van der Waals surface area (Å²) in [6.07, 6.45) is -0.958. The number of rotatable bonds is 5. The quantitative estimate of drug-likeness (QED) is 0.510. The van der Waals surface area contributed by atoms with E-state index in [0.29, 0.717) is 0 Å². The molecule has 0 saturated heterocycles. The van der Waals surface area contributed by atoms with Gasteiger partial charge in [-0.2, -0.15) is 0 Å². The summed E-state index contributed by atoms with van der Waals surface area (Å²) in [5.74, 6) is -3.09. The molecular formula is C9H12O6. The van der Waals surface area contributed by atoms with Gasteiger partial charge in [-0.3, -0.25) is 9.59 Å². The van der Waals surface area contributed by atoms with Crippen LogP contribution >= 0.6 is 0 Å². The number of methoxy groups -OCH3 is 1. The Hall–Kier alpha value is -1.85. The van der Waals surface area contributed by atoms with Crippen LogP contribution in [0.2, 0.25) is 0 Å². The third kappa shape index (κ3) is 4.80. The van der Waals surface area contributed by atoms with E-state index in [1.165, 1.54) is 6.92 Å². The molecule has 0 saturated carbocycles. The standard InChI is InChI=1S/C9H12O6/c1-5(9(14)15-2)6(3-7(10)11)4-8(12)13/h3-4H2,1-2H3,(H,10,11)(H,12,13). The summed E-state index contributed by atoms with van der Waals surface area (Å²) in [7, 11) is 1.14. The highest BCUT2D eigenvalue weighted by Gasteiger charge is 2.16. The molecule has 2 N–H and O–H groups in total. The predicted molar refractivity (Wildman–Crippen MR) is 49.2 cm³/mol. The monoisotopic (exact) mass is 216 g/mol. The third-order valence-electron chi connectivity index (χ3n) is 1.75. The molecule has 0 spiro atoms. The number of carbonyl (C=O) groups is 3. The van der Waals surface area contributed by atoms with Crippen molar-refractivity contribution in [2.45, 2.75) is 19.8 Å². The number of aliphatic carboxylic acids is 2. The van der Waals surface area contributed by atoms with E-state index in [1.807, 2.05) is 0 Å². The van der Waals surface area contributed by atoms with Gasteiger partial charge in [0.2, 0.25) is 0 Å². The largest absolute Gasteiger partial charge is 0.481 e. The number of hydrogen-bond donors (Lipinski definition) is 2. The second-order valence-electron chi connectivity index (χ2n) is 2.86. The minimum atomic E-state index is -1.19. The smallest absolute Gasteiger partial charge is 0.333 e. The molecule has 0 unspecified atom stereocenters. The van der Waals surface area contributed by atoms with Gasteiger partial charge >= 0.3 is 17.9 Å². The van der Waals surface area contributed by atoms with Gasteiger partial charge in [-0.25, -0.2) is 4.79 Å². The summed E-state index contributed by atoms with van der Waals surface area (Å²) in [5, 5.41) is 17.0. The first-order valence-corrected chi connectivity index (χ1v) is 4.09. The molecule has 0 fully saturated rings. The van der Waals surface area contributed by atoms with Crippen LogP contribution in [0.5, 0.6) is 0 Å². The summed E-state index contributed by atoms with van der Waals surface area (Å²) in [5.41, 5.74) is 0.0733. The number of carboxylic acids is 2. The minimum absolute atomic E-state index is 0.0299. The highest BCUT2D eigenvalue weighted by atomic mass is 16.5. The average Bonchev–Trinajstić information content (AvgIpc) is 2.13. The van der Waals surface area contributed by atoms with Gasteiger partial charge in [0, 0.05) is 5.57 Å². The van der Waals surface area contributed by atoms with Gasteiger partial charge in [-0.1, -0.05) is 0 Å². The Morgan fingerprint density at radius 2 is 1.47 bits per heavy atom. The molecule has 15 heavy (non-hydrogen) atoms. The fourth-order valence-corrected chi connectivity index (χ4v) is 0.990. The average molecular weight is 216 g/mol. The minimum Gasteiger partial charge on any atom is -0.481 e. The van der Waals surface area contributed by atoms with Crippen molar-refractivity contribution in [2.24, 2.45) is 0 Å². The van der Waals surface area contributed by atoms with Gasteiger partial charge in [0.05, 0.1) is 20.0 Å². The van der Waals surface area contributed by atoms with Gasteiger partial charge in [0.25, 0.3) is 0 Å².